The summed E-state index contributed by atoms with van der Waals surface area (Å²) < 4.78 is 26.7. The number of amides is 1. The molecule has 6 rings (SSSR count). The number of methoxy groups -OCH3 is 1. The summed E-state index contributed by atoms with van der Waals surface area (Å²) in [5.74, 6) is 1.08. The molecule has 220 valence electrons. The van der Waals surface area contributed by atoms with Gasteiger partial charge in [-0.05, 0) is 84.3 Å². The smallest absolute Gasteiger partial charge is 0.266 e. The lowest BCUT2D eigenvalue weighted by Crippen LogP contribution is -2.30. The zero-order valence-corrected chi connectivity index (χ0v) is 25.5. The molecule has 1 amide bonds. The maximum atomic E-state index is 13.5. The van der Waals surface area contributed by atoms with E-state index in [9.17, 15) is 9.18 Å². The molecule has 0 atom stereocenters. The van der Waals surface area contributed by atoms with E-state index in [1.807, 2.05) is 95.8 Å². The lowest BCUT2D eigenvalue weighted by Gasteiger charge is -2.14. The number of carbonyl (C=O) groups is 1. The molecule has 1 aliphatic rings. The van der Waals surface area contributed by atoms with Crippen LogP contribution < -0.4 is 9.47 Å². The van der Waals surface area contributed by atoms with Crippen LogP contribution in [-0.4, -0.2) is 38.6 Å². The quantitative estimate of drug-likeness (QED) is 0.118. The molecule has 1 fully saturated rings. The summed E-state index contributed by atoms with van der Waals surface area (Å²) in [5, 5.41) is 4.90. The molecule has 1 aliphatic heterocycles. The van der Waals surface area contributed by atoms with E-state index in [1.165, 1.54) is 23.9 Å². The van der Waals surface area contributed by atoms with Gasteiger partial charge < -0.3 is 9.47 Å². The number of aromatic nitrogens is 2. The molecular weight excluding hydrogens is 594 g/mol. The van der Waals surface area contributed by atoms with Crippen molar-refractivity contribution < 1.29 is 18.7 Å². The van der Waals surface area contributed by atoms with Crippen molar-refractivity contribution in [3.05, 3.63) is 137 Å². The van der Waals surface area contributed by atoms with Gasteiger partial charge in [0.2, 0.25) is 0 Å². The first kappa shape index (κ1) is 29.3. The maximum Gasteiger partial charge on any atom is 0.266 e. The number of para-hydroxylation sites is 1. The molecule has 0 aliphatic carbocycles. The number of hydrogen-bond donors (Lipinski definition) is 0. The third kappa shape index (κ3) is 6.74. The van der Waals surface area contributed by atoms with Crippen LogP contribution in [0.1, 0.15) is 16.7 Å². The highest BCUT2D eigenvalue weighted by atomic mass is 32.2. The predicted molar refractivity (Wildman–Crippen MR) is 176 cm³/mol. The standard InChI is InChI=1S/C35H28FN3O3S2/c1-41-30-15-9-24(10-16-30)19-20-38-34(40)32(44-35(38)43)21-27-22-39(29-5-3-2-4-6-29)37-33(27)26-11-17-31(18-12-26)42-23-25-7-13-28(36)14-8-25/h2-18,21-22H,19-20,23H2,1H3. The molecule has 5 aromatic rings. The van der Waals surface area contributed by atoms with Gasteiger partial charge in [-0.3, -0.25) is 9.69 Å². The fourth-order valence-corrected chi connectivity index (χ4v) is 6.05. The normalized spacial score (nSPS) is 14.0. The molecule has 2 heterocycles. The van der Waals surface area contributed by atoms with Gasteiger partial charge in [0.1, 0.15) is 28.2 Å². The van der Waals surface area contributed by atoms with Crippen molar-refractivity contribution >= 4 is 40.3 Å². The van der Waals surface area contributed by atoms with E-state index in [1.54, 1.807) is 24.1 Å². The summed E-state index contributed by atoms with van der Waals surface area (Å²) >= 11 is 6.91. The highest BCUT2D eigenvalue weighted by Gasteiger charge is 2.32. The van der Waals surface area contributed by atoms with Crippen molar-refractivity contribution in [1.82, 2.24) is 14.7 Å². The van der Waals surface area contributed by atoms with Crippen LogP contribution in [0.2, 0.25) is 0 Å². The zero-order chi connectivity index (χ0) is 30.5. The van der Waals surface area contributed by atoms with Crippen molar-refractivity contribution in [2.75, 3.05) is 13.7 Å². The molecule has 6 nitrogen and oxygen atoms in total. The van der Waals surface area contributed by atoms with E-state index in [-0.39, 0.29) is 11.7 Å². The molecule has 0 saturated carbocycles. The number of nitrogens with zero attached hydrogens (tertiary/aromatic N) is 3. The number of ether oxygens (including phenoxy) is 2. The van der Waals surface area contributed by atoms with Crippen LogP contribution in [0.4, 0.5) is 4.39 Å². The van der Waals surface area contributed by atoms with Gasteiger partial charge in [0, 0.05) is 23.9 Å². The molecule has 0 bridgehead atoms. The number of thioether (sulfide) groups is 1. The van der Waals surface area contributed by atoms with E-state index in [0.717, 1.165) is 39.4 Å². The fraction of sp³-hybridized carbons (Fsp3) is 0.114. The Labute approximate surface area is 264 Å². The summed E-state index contributed by atoms with van der Waals surface area (Å²) in [7, 11) is 1.64. The van der Waals surface area contributed by atoms with Crippen LogP contribution in [-0.2, 0) is 17.8 Å². The fourth-order valence-electron chi connectivity index (χ4n) is 4.75. The summed E-state index contributed by atoms with van der Waals surface area (Å²) in [5.41, 5.74) is 5.27. The molecule has 0 spiro atoms. The van der Waals surface area contributed by atoms with Gasteiger partial charge in [0.25, 0.3) is 5.91 Å². The Morgan fingerprint density at radius 3 is 2.27 bits per heavy atom. The third-order valence-corrected chi connectivity index (χ3v) is 8.53. The number of carbonyl (C=O) groups excluding carboxylic acids is 1. The predicted octanol–water partition coefficient (Wildman–Crippen LogP) is 7.71. The van der Waals surface area contributed by atoms with Crippen molar-refractivity contribution in [2.24, 2.45) is 0 Å². The molecule has 44 heavy (non-hydrogen) atoms. The van der Waals surface area contributed by atoms with Crippen molar-refractivity contribution in [2.45, 2.75) is 13.0 Å². The number of halogens is 1. The van der Waals surface area contributed by atoms with Crippen molar-refractivity contribution in [1.29, 1.82) is 0 Å². The number of hydrogen-bond acceptors (Lipinski definition) is 6. The molecule has 1 saturated heterocycles. The van der Waals surface area contributed by atoms with E-state index in [2.05, 4.69) is 0 Å². The third-order valence-electron chi connectivity index (χ3n) is 7.15. The summed E-state index contributed by atoms with van der Waals surface area (Å²) in [6.07, 6.45) is 4.47. The number of benzene rings is 4. The Morgan fingerprint density at radius 1 is 0.886 bits per heavy atom. The molecule has 0 N–H and O–H groups in total. The Morgan fingerprint density at radius 2 is 1.57 bits per heavy atom. The Kier molecular flexibility index (Phi) is 8.86. The van der Waals surface area contributed by atoms with Gasteiger partial charge in [-0.1, -0.05) is 66.4 Å². The number of thiocarbonyl (C=S) groups is 1. The monoisotopic (exact) mass is 621 g/mol. The second-order valence-corrected chi connectivity index (χ2v) is 11.8. The second kappa shape index (κ2) is 13.3. The molecule has 0 radical (unpaired) electrons. The first-order valence-electron chi connectivity index (χ1n) is 14.0. The first-order chi connectivity index (χ1) is 21.5. The average Bonchev–Trinajstić information content (AvgIpc) is 3.60. The minimum Gasteiger partial charge on any atom is -0.497 e. The van der Waals surface area contributed by atoms with Gasteiger partial charge in [-0.2, -0.15) is 5.10 Å². The van der Waals surface area contributed by atoms with E-state index >= 15 is 0 Å². The summed E-state index contributed by atoms with van der Waals surface area (Å²) in [4.78, 5) is 15.7. The van der Waals surface area contributed by atoms with E-state index in [4.69, 9.17) is 26.8 Å². The minimum absolute atomic E-state index is 0.114. The number of rotatable bonds is 10. The molecular formula is C35H28FN3O3S2. The van der Waals surface area contributed by atoms with Crippen molar-refractivity contribution in [3.63, 3.8) is 0 Å². The SMILES string of the molecule is COc1ccc(CCN2C(=O)C(=Cc3cn(-c4ccccc4)nc3-c3ccc(OCc4ccc(F)cc4)cc3)SC2=S)cc1. The first-order valence-corrected chi connectivity index (χ1v) is 15.2. The van der Waals surface area contributed by atoms with Crippen LogP contribution >= 0.6 is 24.0 Å². The van der Waals surface area contributed by atoms with E-state index < -0.39 is 0 Å². The molecule has 9 heteroatoms. The van der Waals surface area contributed by atoms with Gasteiger partial charge in [-0.15, -0.1) is 0 Å². The molecule has 4 aromatic carbocycles. The van der Waals surface area contributed by atoms with Gasteiger partial charge in [-0.25, -0.2) is 9.07 Å². The molecule has 0 unspecified atom stereocenters. The topological polar surface area (TPSA) is 56.6 Å². The average molecular weight is 622 g/mol. The highest BCUT2D eigenvalue weighted by molar-refractivity contribution is 8.26. The van der Waals surface area contributed by atoms with Gasteiger partial charge >= 0.3 is 0 Å². The minimum atomic E-state index is -0.278. The van der Waals surface area contributed by atoms with Crippen molar-refractivity contribution in [3.8, 4) is 28.4 Å². The lowest BCUT2D eigenvalue weighted by atomic mass is 10.1. The van der Waals surface area contributed by atoms with Crippen LogP contribution in [0, 0.1) is 5.82 Å². The Bertz CT molecular complexity index is 1800. The maximum absolute atomic E-state index is 13.5. The van der Waals surface area contributed by atoms with Crippen LogP contribution in [0.5, 0.6) is 11.5 Å². The highest BCUT2D eigenvalue weighted by Crippen LogP contribution is 2.35. The van der Waals surface area contributed by atoms with E-state index in [0.29, 0.717) is 34.5 Å². The van der Waals surface area contributed by atoms with Crippen LogP contribution in [0.3, 0.4) is 0 Å². The van der Waals surface area contributed by atoms with Gasteiger partial charge in [0.05, 0.1) is 23.4 Å². The molecule has 1 aromatic heterocycles. The Balaban J connectivity index is 1.23. The largest absolute Gasteiger partial charge is 0.497 e. The second-order valence-electron chi connectivity index (χ2n) is 10.1. The van der Waals surface area contributed by atoms with Crippen LogP contribution in [0.25, 0.3) is 23.0 Å². The Hall–Kier alpha value is -4.73. The summed E-state index contributed by atoms with van der Waals surface area (Å²) in [6.45, 7) is 0.817. The zero-order valence-electron chi connectivity index (χ0n) is 23.9. The van der Waals surface area contributed by atoms with Crippen LogP contribution in [0.15, 0.2) is 114 Å². The summed E-state index contributed by atoms with van der Waals surface area (Å²) in [6, 6.07) is 31.5. The lowest BCUT2D eigenvalue weighted by molar-refractivity contribution is -0.122. The van der Waals surface area contributed by atoms with Gasteiger partial charge in [0.15, 0.2) is 0 Å².